The van der Waals surface area contributed by atoms with E-state index in [1.807, 2.05) is 27.7 Å². The SMILES string of the molecule is CC(COC(F)F)C(C)(C)C. The van der Waals surface area contributed by atoms with Crippen molar-refractivity contribution in [1.82, 2.24) is 0 Å². The summed E-state index contributed by atoms with van der Waals surface area (Å²) in [5.41, 5.74) is 0.0366. The van der Waals surface area contributed by atoms with Crippen molar-refractivity contribution in [3.05, 3.63) is 0 Å². The summed E-state index contributed by atoms with van der Waals surface area (Å²) in [5, 5.41) is 0. The molecular formula is C8H16F2O. The normalized spacial score (nSPS) is 15.5. The molecule has 1 unspecified atom stereocenters. The third kappa shape index (κ3) is 5.13. The van der Waals surface area contributed by atoms with E-state index >= 15 is 0 Å². The van der Waals surface area contributed by atoms with Crippen LogP contribution in [0.25, 0.3) is 0 Å². The summed E-state index contributed by atoms with van der Waals surface area (Å²) in [6.07, 6.45) is 0. The molecule has 11 heavy (non-hydrogen) atoms. The van der Waals surface area contributed by atoms with Gasteiger partial charge in [0, 0.05) is 0 Å². The van der Waals surface area contributed by atoms with Crippen LogP contribution in [0.3, 0.4) is 0 Å². The average Bonchev–Trinajstić information content (AvgIpc) is 1.80. The molecule has 0 rings (SSSR count). The summed E-state index contributed by atoms with van der Waals surface area (Å²) in [6.45, 7) is 5.41. The fraction of sp³-hybridized carbons (Fsp3) is 1.00. The fourth-order valence-electron chi connectivity index (χ4n) is 0.467. The summed E-state index contributed by atoms with van der Waals surface area (Å²) >= 11 is 0. The minimum atomic E-state index is -2.64. The van der Waals surface area contributed by atoms with Crippen molar-refractivity contribution in [3.63, 3.8) is 0 Å². The number of hydrogen-bond acceptors (Lipinski definition) is 1. The minimum Gasteiger partial charge on any atom is -0.323 e. The first-order valence-electron chi connectivity index (χ1n) is 3.74. The molecule has 0 saturated carbocycles. The van der Waals surface area contributed by atoms with Crippen molar-refractivity contribution < 1.29 is 13.5 Å². The summed E-state index contributed by atoms with van der Waals surface area (Å²) < 4.78 is 27.3. The van der Waals surface area contributed by atoms with E-state index in [9.17, 15) is 8.78 Å². The van der Waals surface area contributed by atoms with E-state index in [1.54, 1.807) is 0 Å². The molecule has 0 aromatic heterocycles. The van der Waals surface area contributed by atoms with Gasteiger partial charge in [0.1, 0.15) is 0 Å². The number of rotatable bonds is 3. The van der Waals surface area contributed by atoms with Crippen molar-refractivity contribution in [2.24, 2.45) is 11.3 Å². The molecule has 0 amide bonds. The van der Waals surface area contributed by atoms with Gasteiger partial charge >= 0.3 is 6.61 Å². The monoisotopic (exact) mass is 166 g/mol. The lowest BCUT2D eigenvalue weighted by Crippen LogP contribution is -2.23. The summed E-state index contributed by atoms with van der Waals surface area (Å²) in [5.74, 6) is 0.150. The number of halogens is 2. The van der Waals surface area contributed by atoms with E-state index in [0.717, 1.165) is 0 Å². The molecule has 0 N–H and O–H groups in total. The Balaban J connectivity index is 3.61. The van der Waals surface area contributed by atoms with E-state index in [0.29, 0.717) is 0 Å². The largest absolute Gasteiger partial charge is 0.345 e. The molecule has 68 valence electrons. The minimum absolute atomic E-state index is 0.0366. The van der Waals surface area contributed by atoms with Crippen molar-refractivity contribution in [2.45, 2.75) is 34.3 Å². The van der Waals surface area contributed by atoms with Crippen LogP contribution in [-0.4, -0.2) is 13.2 Å². The maximum atomic E-state index is 11.6. The zero-order valence-corrected chi connectivity index (χ0v) is 7.53. The molecule has 0 saturated heterocycles. The van der Waals surface area contributed by atoms with Gasteiger partial charge < -0.3 is 4.74 Å². The van der Waals surface area contributed by atoms with Gasteiger partial charge in [-0.2, -0.15) is 8.78 Å². The van der Waals surface area contributed by atoms with Crippen LogP contribution in [0.15, 0.2) is 0 Å². The van der Waals surface area contributed by atoms with Crippen molar-refractivity contribution in [3.8, 4) is 0 Å². The zero-order valence-electron chi connectivity index (χ0n) is 7.53. The van der Waals surface area contributed by atoms with Gasteiger partial charge in [0.05, 0.1) is 6.61 Å². The summed E-state index contributed by atoms with van der Waals surface area (Å²) in [6, 6.07) is 0. The molecule has 0 radical (unpaired) electrons. The van der Waals surface area contributed by atoms with Gasteiger partial charge in [-0.15, -0.1) is 0 Å². The van der Waals surface area contributed by atoms with E-state index < -0.39 is 6.61 Å². The molecule has 3 heteroatoms. The lowest BCUT2D eigenvalue weighted by molar-refractivity contribution is -0.143. The van der Waals surface area contributed by atoms with Gasteiger partial charge in [-0.05, 0) is 11.3 Å². The highest BCUT2D eigenvalue weighted by atomic mass is 19.3. The Kier molecular flexibility index (Phi) is 3.93. The van der Waals surface area contributed by atoms with Crippen molar-refractivity contribution in [1.29, 1.82) is 0 Å². The van der Waals surface area contributed by atoms with Crippen LogP contribution in [0.1, 0.15) is 27.7 Å². The van der Waals surface area contributed by atoms with Gasteiger partial charge in [0.25, 0.3) is 0 Å². The first kappa shape index (κ1) is 10.8. The Morgan fingerprint density at radius 2 is 1.73 bits per heavy atom. The zero-order chi connectivity index (χ0) is 9.07. The van der Waals surface area contributed by atoms with E-state index in [4.69, 9.17) is 0 Å². The molecule has 0 aromatic rings. The second-order valence-electron chi connectivity index (χ2n) is 3.86. The fourth-order valence-corrected chi connectivity index (χ4v) is 0.467. The van der Waals surface area contributed by atoms with Gasteiger partial charge in [0.15, 0.2) is 0 Å². The first-order chi connectivity index (χ1) is 4.84. The molecule has 0 aliphatic heterocycles. The number of alkyl halides is 2. The highest BCUT2D eigenvalue weighted by molar-refractivity contribution is 4.68. The molecule has 0 aliphatic carbocycles. The molecule has 0 heterocycles. The van der Waals surface area contributed by atoms with Crippen LogP contribution >= 0.6 is 0 Å². The van der Waals surface area contributed by atoms with Crippen LogP contribution in [-0.2, 0) is 4.74 Å². The molecule has 0 aliphatic rings. The van der Waals surface area contributed by atoms with Gasteiger partial charge in [-0.3, -0.25) is 0 Å². The maximum absolute atomic E-state index is 11.6. The van der Waals surface area contributed by atoms with E-state index in [-0.39, 0.29) is 17.9 Å². The molecule has 1 nitrogen and oxygen atoms in total. The number of ether oxygens (including phenoxy) is 1. The summed E-state index contributed by atoms with van der Waals surface area (Å²) in [4.78, 5) is 0. The Hall–Kier alpha value is -0.180. The van der Waals surface area contributed by atoms with Crippen molar-refractivity contribution >= 4 is 0 Å². The molecule has 0 spiro atoms. The molecule has 1 atom stereocenters. The van der Waals surface area contributed by atoms with Gasteiger partial charge in [0.2, 0.25) is 0 Å². The topological polar surface area (TPSA) is 9.23 Å². The van der Waals surface area contributed by atoms with Crippen LogP contribution < -0.4 is 0 Å². The highest BCUT2D eigenvalue weighted by Gasteiger charge is 2.21. The maximum Gasteiger partial charge on any atom is 0.345 e. The average molecular weight is 166 g/mol. The Morgan fingerprint density at radius 1 is 1.27 bits per heavy atom. The number of hydrogen-bond donors (Lipinski definition) is 0. The second-order valence-corrected chi connectivity index (χ2v) is 3.86. The lowest BCUT2D eigenvalue weighted by atomic mass is 9.83. The highest BCUT2D eigenvalue weighted by Crippen LogP contribution is 2.25. The van der Waals surface area contributed by atoms with Crippen molar-refractivity contribution in [2.75, 3.05) is 6.61 Å². The molecular weight excluding hydrogens is 150 g/mol. The third-order valence-electron chi connectivity index (χ3n) is 1.95. The van der Waals surface area contributed by atoms with E-state index in [1.165, 1.54) is 0 Å². The Morgan fingerprint density at radius 3 is 2.00 bits per heavy atom. The molecule has 0 bridgehead atoms. The van der Waals surface area contributed by atoms with Crippen LogP contribution in [0.2, 0.25) is 0 Å². The van der Waals surface area contributed by atoms with Gasteiger partial charge in [-0.25, -0.2) is 0 Å². The standard InChI is InChI=1S/C8H16F2O/c1-6(8(2,3)4)5-11-7(9)10/h6-7H,5H2,1-4H3. The predicted octanol–water partition coefficient (Wildman–Crippen LogP) is 2.91. The summed E-state index contributed by atoms with van der Waals surface area (Å²) in [7, 11) is 0. The quantitative estimate of drug-likeness (QED) is 0.626. The Labute approximate surface area is 66.7 Å². The van der Waals surface area contributed by atoms with E-state index in [2.05, 4.69) is 4.74 Å². The second kappa shape index (κ2) is 4.00. The van der Waals surface area contributed by atoms with Gasteiger partial charge in [-0.1, -0.05) is 27.7 Å². The molecule has 0 fully saturated rings. The predicted molar refractivity (Wildman–Crippen MR) is 40.6 cm³/mol. The first-order valence-corrected chi connectivity index (χ1v) is 3.74. The Bertz CT molecular complexity index is 107. The smallest absolute Gasteiger partial charge is 0.323 e. The van der Waals surface area contributed by atoms with Crippen LogP contribution in [0.5, 0.6) is 0 Å². The lowest BCUT2D eigenvalue weighted by Gasteiger charge is -2.26. The van der Waals surface area contributed by atoms with Crippen LogP contribution in [0.4, 0.5) is 8.78 Å². The molecule has 0 aromatic carbocycles. The third-order valence-corrected chi connectivity index (χ3v) is 1.95. The van der Waals surface area contributed by atoms with Crippen LogP contribution in [0, 0.1) is 11.3 Å².